The number of rotatable bonds is 5. The van der Waals surface area contributed by atoms with Crippen molar-refractivity contribution in [2.24, 2.45) is 5.92 Å². The number of carbonyl (C=O) groups is 2. The molecule has 1 aliphatic carbocycles. The van der Waals surface area contributed by atoms with Crippen molar-refractivity contribution in [3.63, 3.8) is 0 Å². The van der Waals surface area contributed by atoms with E-state index in [2.05, 4.69) is 4.72 Å². The summed E-state index contributed by atoms with van der Waals surface area (Å²) < 4.78 is 28.3. The van der Waals surface area contributed by atoms with Crippen molar-refractivity contribution in [1.29, 1.82) is 0 Å². The van der Waals surface area contributed by atoms with E-state index in [0.717, 1.165) is 25.7 Å². The third kappa shape index (κ3) is 4.50. The fourth-order valence-electron chi connectivity index (χ4n) is 3.86. The smallest absolute Gasteiger partial charge is 0.306 e. The number of carbonyl (C=O) groups excluding carboxylic acids is 1. The van der Waals surface area contributed by atoms with E-state index in [0.29, 0.717) is 37.1 Å². The second-order valence-corrected chi connectivity index (χ2v) is 9.17. The maximum atomic E-state index is 12.8. The highest BCUT2D eigenvalue weighted by molar-refractivity contribution is 7.89. The number of nitrogens with zero attached hydrogens (tertiary/aromatic N) is 1. The number of nitrogens with one attached hydrogen (secondary N) is 1. The molecule has 0 atom stereocenters. The Morgan fingerprint density at radius 3 is 2.33 bits per heavy atom. The molecule has 2 N–H and O–H groups in total. The lowest BCUT2D eigenvalue weighted by Gasteiger charge is -2.30. The number of amides is 1. The molecular weight excluding hydrogens is 368 g/mol. The lowest BCUT2D eigenvalue weighted by atomic mass is 9.96. The third-order valence-corrected chi connectivity index (χ3v) is 7.20. The highest BCUT2D eigenvalue weighted by Gasteiger charge is 2.29. The molecule has 0 spiro atoms. The normalized spacial score (nSPS) is 19.4. The van der Waals surface area contributed by atoms with E-state index in [9.17, 15) is 18.0 Å². The highest BCUT2D eigenvalue weighted by atomic mass is 32.2. The molecule has 0 unspecified atom stereocenters. The van der Waals surface area contributed by atoms with Gasteiger partial charge < -0.3 is 10.0 Å². The molecular formula is C19H26N2O5S. The Bertz CT molecular complexity index is 823. The molecule has 27 heavy (non-hydrogen) atoms. The lowest BCUT2D eigenvalue weighted by molar-refractivity contribution is -0.143. The van der Waals surface area contributed by atoms with Gasteiger partial charge in [0.1, 0.15) is 0 Å². The second kappa shape index (κ2) is 7.98. The topological polar surface area (TPSA) is 104 Å². The van der Waals surface area contributed by atoms with E-state index < -0.39 is 21.9 Å². The van der Waals surface area contributed by atoms with Gasteiger partial charge >= 0.3 is 5.97 Å². The summed E-state index contributed by atoms with van der Waals surface area (Å²) in [4.78, 5) is 25.6. The van der Waals surface area contributed by atoms with E-state index in [4.69, 9.17) is 5.11 Å². The molecule has 0 bridgehead atoms. The molecule has 1 aliphatic heterocycles. The molecule has 1 aromatic carbocycles. The Morgan fingerprint density at radius 2 is 1.74 bits per heavy atom. The molecule has 1 aromatic rings. The van der Waals surface area contributed by atoms with Crippen molar-refractivity contribution in [1.82, 2.24) is 9.62 Å². The molecule has 0 radical (unpaired) electrons. The standard InChI is InChI=1S/C19H26N2O5S/c1-13-6-7-15(18(22)21-10-8-14(9-11-21)19(23)24)12-17(13)27(25,26)20-16-4-2-3-5-16/h6-7,12,14,16,20H,2-5,8-11H2,1H3,(H,23,24). The monoisotopic (exact) mass is 394 g/mol. The molecule has 7 nitrogen and oxygen atoms in total. The summed E-state index contributed by atoms with van der Waals surface area (Å²) in [5.41, 5.74) is 0.919. The van der Waals surface area contributed by atoms with Gasteiger partial charge in [-0.1, -0.05) is 18.9 Å². The van der Waals surface area contributed by atoms with Gasteiger partial charge in [-0.3, -0.25) is 9.59 Å². The zero-order valence-electron chi connectivity index (χ0n) is 15.5. The first-order valence-electron chi connectivity index (χ1n) is 9.43. The summed E-state index contributed by atoms with van der Waals surface area (Å²) in [5, 5.41) is 9.08. The van der Waals surface area contributed by atoms with Gasteiger partial charge in [-0.25, -0.2) is 13.1 Å². The average Bonchev–Trinajstić information content (AvgIpc) is 3.13. The molecule has 2 aliphatic rings. The zero-order valence-corrected chi connectivity index (χ0v) is 16.3. The molecule has 1 heterocycles. The quantitative estimate of drug-likeness (QED) is 0.796. The van der Waals surface area contributed by atoms with E-state index in [1.165, 1.54) is 6.07 Å². The number of benzene rings is 1. The van der Waals surface area contributed by atoms with Gasteiger partial charge in [0.05, 0.1) is 10.8 Å². The number of aliphatic carboxylic acids is 1. The van der Waals surface area contributed by atoms with E-state index in [-0.39, 0.29) is 16.8 Å². The Hall–Kier alpha value is -1.93. The molecule has 1 amide bonds. The number of hydrogen-bond acceptors (Lipinski definition) is 4. The summed E-state index contributed by atoms with van der Waals surface area (Å²) >= 11 is 0. The summed E-state index contributed by atoms with van der Waals surface area (Å²) in [6, 6.07) is 4.69. The minimum atomic E-state index is -3.68. The van der Waals surface area contributed by atoms with Crippen molar-refractivity contribution in [2.75, 3.05) is 13.1 Å². The molecule has 0 aromatic heterocycles. The zero-order chi connectivity index (χ0) is 19.6. The molecule has 1 saturated heterocycles. The van der Waals surface area contributed by atoms with Crippen LogP contribution < -0.4 is 4.72 Å². The van der Waals surface area contributed by atoms with Crippen LogP contribution >= 0.6 is 0 Å². The van der Waals surface area contributed by atoms with Crippen LogP contribution in [0.3, 0.4) is 0 Å². The first-order chi connectivity index (χ1) is 12.8. The van der Waals surface area contributed by atoms with Gasteiger partial charge in [0.15, 0.2) is 0 Å². The fraction of sp³-hybridized carbons (Fsp3) is 0.579. The SMILES string of the molecule is Cc1ccc(C(=O)N2CCC(C(=O)O)CC2)cc1S(=O)(=O)NC1CCCC1. The van der Waals surface area contributed by atoms with Gasteiger partial charge in [0, 0.05) is 24.7 Å². The van der Waals surface area contributed by atoms with Crippen LogP contribution in [-0.4, -0.2) is 49.4 Å². The van der Waals surface area contributed by atoms with Crippen LogP contribution in [0.5, 0.6) is 0 Å². The van der Waals surface area contributed by atoms with Crippen LogP contribution in [0.1, 0.15) is 54.4 Å². The number of piperidine rings is 1. The van der Waals surface area contributed by atoms with Crippen LogP contribution in [0.15, 0.2) is 23.1 Å². The van der Waals surface area contributed by atoms with Gasteiger partial charge in [-0.05, 0) is 50.3 Å². The van der Waals surface area contributed by atoms with Gasteiger partial charge in [-0.15, -0.1) is 0 Å². The van der Waals surface area contributed by atoms with E-state index in [1.54, 1.807) is 24.0 Å². The Balaban J connectivity index is 1.76. The van der Waals surface area contributed by atoms with Crippen molar-refractivity contribution in [2.45, 2.75) is 56.4 Å². The predicted octanol–water partition coefficient (Wildman–Crippen LogP) is 2.15. The lowest BCUT2D eigenvalue weighted by Crippen LogP contribution is -2.40. The van der Waals surface area contributed by atoms with Crippen LogP contribution in [-0.2, 0) is 14.8 Å². The first kappa shape index (κ1) is 19.8. The molecule has 148 valence electrons. The second-order valence-electron chi connectivity index (χ2n) is 7.49. The first-order valence-corrected chi connectivity index (χ1v) is 10.9. The van der Waals surface area contributed by atoms with Crippen LogP contribution in [0.2, 0.25) is 0 Å². The molecule has 8 heteroatoms. The minimum absolute atomic E-state index is 0.0381. The Morgan fingerprint density at radius 1 is 1.11 bits per heavy atom. The summed E-state index contributed by atoms with van der Waals surface area (Å²) in [6.07, 6.45) is 4.57. The minimum Gasteiger partial charge on any atom is -0.481 e. The number of carboxylic acids is 1. The van der Waals surface area contributed by atoms with Gasteiger partial charge in [-0.2, -0.15) is 0 Å². The average molecular weight is 394 g/mol. The van der Waals surface area contributed by atoms with E-state index in [1.807, 2.05) is 0 Å². The number of carboxylic acid groups (broad SMARTS) is 1. The number of likely N-dealkylation sites (tertiary alicyclic amines) is 1. The fourth-order valence-corrected chi connectivity index (χ4v) is 5.44. The highest BCUT2D eigenvalue weighted by Crippen LogP contribution is 2.24. The molecule has 1 saturated carbocycles. The van der Waals surface area contributed by atoms with Crippen molar-refractivity contribution in [3.8, 4) is 0 Å². The predicted molar refractivity (Wildman–Crippen MR) is 100 cm³/mol. The van der Waals surface area contributed by atoms with Crippen molar-refractivity contribution < 1.29 is 23.1 Å². The van der Waals surface area contributed by atoms with Gasteiger partial charge in [0.25, 0.3) is 5.91 Å². The number of aryl methyl sites for hydroxylation is 1. The van der Waals surface area contributed by atoms with Crippen LogP contribution in [0.4, 0.5) is 0 Å². The van der Waals surface area contributed by atoms with E-state index >= 15 is 0 Å². The van der Waals surface area contributed by atoms with Crippen molar-refractivity contribution in [3.05, 3.63) is 29.3 Å². The summed E-state index contributed by atoms with van der Waals surface area (Å²) in [6.45, 7) is 2.45. The number of sulfonamides is 1. The summed E-state index contributed by atoms with van der Waals surface area (Å²) in [5.74, 6) is -1.50. The third-order valence-electron chi connectivity index (χ3n) is 5.53. The van der Waals surface area contributed by atoms with Gasteiger partial charge in [0.2, 0.25) is 10.0 Å². The maximum absolute atomic E-state index is 12.8. The Labute approximate surface area is 159 Å². The number of hydrogen-bond donors (Lipinski definition) is 2. The largest absolute Gasteiger partial charge is 0.481 e. The maximum Gasteiger partial charge on any atom is 0.306 e. The Kier molecular flexibility index (Phi) is 5.86. The van der Waals surface area contributed by atoms with Crippen molar-refractivity contribution >= 4 is 21.9 Å². The summed E-state index contributed by atoms with van der Waals surface area (Å²) in [7, 11) is -3.68. The molecule has 2 fully saturated rings. The van der Waals surface area contributed by atoms with Crippen LogP contribution in [0.25, 0.3) is 0 Å². The molecule has 3 rings (SSSR count). The van der Waals surface area contributed by atoms with Crippen LogP contribution in [0, 0.1) is 12.8 Å².